The fourth-order valence-electron chi connectivity index (χ4n) is 1.99. The van der Waals surface area contributed by atoms with Crippen LogP contribution in [0.4, 0.5) is 0 Å². The van der Waals surface area contributed by atoms with Crippen molar-refractivity contribution in [2.24, 2.45) is 5.10 Å². The molecule has 6 nitrogen and oxygen atoms in total. The van der Waals surface area contributed by atoms with Crippen molar-refractivity contribution in [3.8, 4) is 0 Å². The Hall–Kier alpha value is -2.76. The molecule has 0 fully saturated rings. The molecule has 1 aromatic heterocycles. The molecule has 0 spiro atoms. The van der Waals surface area contributed by atoms with Crippen LogP contribution < -0.4 is 11.1 Å². The number of carbonyl (C=O) groups excluding carboxylic acids is 1. The number of carbonyl (C=O) groups is 1. The molecule has 0 aliphatic carbocycles. The first-order chi connectivity index (χ1) is 10.8. The molecule has 23 heavy (non-hydrogen) atoms. The molecule has 120 valence electrons. The van der Waals surface area contributed by atoms with Gasteiger partial charge in [0.05, 0.1) is 6.21 Å². The van der Waals surface area contributed by atoms with Gasteiger partial charge in [0, 0.05) is 5.69 Å². The second-order valence-electron chi connectivity index (χ2n) is 6.33. The van der Waals surface area contributed by atoms with E-state index in [1.54, 1.807) is 13.1 Å². The van der Waals surface area contributed by atoms with E-state index in [9.17, 15) is 9.59 Å². The van der Waals surface area contributed by atoms with E-state index < -0.39 is 11.6 Å². The summed E-state index contributed by atoms with van der Waals surface area (Å²) < 4.78 is 0. The highest BCUT2D eigenvalue weighted by Crippen LogP contribution is 2.21. The van der Waals surface area contributed by atoms with E-state index in [-0.39, 0.29) is 11.1 Å². The molecule has 2 N–H and O–H groups in total. The molecule has 0 bridgehead atoms. The normalized spacial score (nSPS) is 11.7. The third kappa shape index (κ3) is 4.60. The van der Waals surface area contributed by atoms with Crippen molar-refractivity contribution in [2.75, 3.05) is 0 Å². The lowest BCUT2D eigenvalue weighted by atomic mass is 9.87. The Kier molecular flexibility index (Phi) is 4.74. The summed E-state index contributed by atoms with van der Waals surface area (Å²) in [5.41, 5.74) is 4.59. The van der Waals surface area contributed by atoms with Crippen LogP contribution in [0.1, 0.15) is 48.1 Å². The number of hydrazone groups is 1. The van der Waals surface area contributed by atoms with Crippen LogP contribution in [-0.4, -0.2) is 22.1 Å². The minimum absolute atomic E-state index is 0.0338. The molecule has 2 aromatic rings. The highest BCUT2D eigenvalue weighted by molar-refractivity contribution is 5.93. The Balaban J connectivity index is 2.04. The number of aryl methyl sites for hydroxylation is 1. The molecular formula is C17H20N4O2. The average Bonchev–Trinajstić information content (AvgIpc) is 2.45. The van der Waals surface area contributed by atoms with Gasteiger partial charge in [0.25, 0.3) is 5.91 Å². The fourth-order valence-corrected chi connectivity index (χ4v) is 1.99. The van der Waals surface area contributed by atoms with E-state index >= 15 is 0 Å². The molecule has 0 aliphatic heterocycles. The van der Waals surface area contributed by atoms with Crippen molar-refractivity contribution >= 4 is 12.1 Å². The van der Waals surface area contributed by atoms with Gasteiger partial charge in [-0.1, -0.05) is 45.0 Å². The Morgan fingerprint density at radius 2 is 1.91 bits per heavy atom. The SMILES string of the molecule is Cc1cc(C(=O)N/N=C/c2ccc(C(C)(C)C)cc2)nc(=O)[nH]1. The van der Waals surface area contributed by atoms with Crippen LogP contribution in [0.25, 0.3) is 0 Å². The lowest BCUT2D eigenvalue weighted by molar-refractivity contribution is 0.0949. The van der Waals surface area contributed by atoms with Crippen LogP contribution in [0.3, 0.4) is 0 Å². The zero-order valence-corrected chi connectivity index (χ0v) is 13.7. The zero-order chi connectivity index (χ0) is 17.0. The van der Waals surface area contributed by atoms with Gasteiger partial charge in [0.15, 0.2) is 0 Å². The number of aromatic amines is 1. The third-order valence-corrected chi connectivity index (χ3v) is 3.27. The Morgan fingerprint density at radius 3 is 2.48 bits per heavy atom. The Morgan fingerprint density at radius 1 is 1.26 bits per heavy atom. The van der Waals surface area contributed by atoms with Gasteiger partial charge in [-0.2, -0.15) is 10.1 Å². The summed E-state index contributed by atoms with van der Waals surface area (Å²) in [6, 6.07) is 9.43. The van der Waals surface area contributed by atoms with Gasteiger partial charge in [0.1, 0.15) is 5.69 Å². The number of rotatable bonds is 3. The quantitative estimate of drug-likeness (QED) is 0.672. The van der Waals surface area contributed by atoms with Gasteiger partial charge in [-0.15, -0.1) is 0 Å². The van der Waals surface area contributed by atoms with Crippen LogP contribution in [0.15, 0.2) is 40.2 Å². The standard InChI is InChI=1S/C17H20N4O2/c1-11-9-14(20-16(23)19-11)15(22)21-18-10-12-5-7-13(8-6-12)17(2,3)4/h5-10H,1-4H3,(H,21,22)(H,19,20,23)/b18-10+. The molecule has 1 amide bonds. The van der Waals surface area contributed by atoms with E-state index in [4.69, 9.17) is 0 Å². The first kappa shape index (κ1) is 16.6. The molecule has 0 aliphatic rings. The van der Waals surface area contributed by atoms with Crippen LogP contribution in [0.5, 0.6) is 0 Å². The van der Waals surface area contributed by atoms with Crippen molar-refractivity contribution in [3.63, 3.8) is 0 Å². The van der Waals surface area contributed by atoms with E-state index in [0.29, 0.717) is 5.69 Å². The maximum Gasteiger partial charge on any atom is 0.345 e. The van der Waals surface area contributed by atoms with E-state index in [2.05, 4.69) is 41.3 Å². The largest absolute Gasteiger partial charge is 0.345 e. The number of hydrogen-bond donors (Lipinski definition) is 2. The van der Waals surface area contributed by atoms with E-state index in [1.165, 1.54) is 11.6 Å². The van der Waals surface area contributed by atoms with Gasteiger partial charge in [-0.05, 0) is 29.5 Å². The smallest absolute Gasteiger partial charge is 0.310 e. The third-order valence-electron chi connectivity index (χ3n) is 3.27. The maximum absolute atomic E-state index is 11.9. The minimum atomic E-state index is -0.558. The number of amides is 1. The van der Waals surface area contributed by atoms with Crippen molar-refractivity contribution in [1.29, 1.82) is 0 Å². The summed E-state index contributed by atoms with van der Waals surface area (Å²) in [7, 11) is 0. The van der Waals surface area contributed by atoms with Crippen LogP contribution >= 0.6 is 0 Å². The molecule has 1 aromatic carbocycles. The summed E-state index contributed by atoms with van der Waals surface area (Å²) in [6.07, 6.45) is 1.55. The monoisotopic (exact) mass is 312 g/mol. The predicted octanol–water partition coefficient (Wildman–Crippen LogP) is 2.14. The molecule has 0 saturated heterocycles. The van der Waals surface area contributed by atoms with Crippen molar-refractivity contribution < 1.29 is 4.79 Å². The number of aromatic nitrogens is 2. The minimum Gasteiger partial charge on any atom is -0.310 e. The average molecular weight is 312 g/mol. The molecule has 1 heterocycles. The summed E-state index contributed by atoms with van der Waals surface area (Å²) in [6.45, 7) is 8.12. The van der Waals surface area contributed by atoms with Gasteiger partial charge in [-0.3, -0.25) is 4.79 Å². The van der Waals surface area contributed by atoms with Gasteiger partial charge in [0.2, 0.25) is 0 Å². The van der Waals surface area contributed by atoms with E-state index in [1.807, 2.05) is 24.3 Å². The summed E-state index contributed by atoms with van der Waals surface area (Å²) >= 11 is 0. The Bertz CT molecular complexity index is 783. The zero-order valence-electron chi connectivity index (χ0n) is 13.7. The number of H-pyrrole nitrogens is 1. The first-order valence-corrected chi connectivity index (χ1v) is 7.27. The summed E-state index contributed by atoms with van der Waals surface area (Å²) in [5, 5.41) is 3.89. The number of hydrogen-bond acceptors (Lipinski definition) is 4. The molecule has 0 saturated carbocycles. The highest BCUT2D eigenvalue weighted by Gasteiger charge is 2.12. The lowest BCUT2D eigenvalue weighted by Crippen LogP contribution is -2.24. The van der Waals surface area contributed by atoms with Crippen molar-refractivity contribution in [3.05, 3.63) is 63.3 Å². The predicted molar refractivity (Wildman–Crippen MR) is 89.8 cm³/mol. The van der Waals surface area contributed by atoms with Crippen molar-refractivity contribution in [1.82, 2.24) is 15.4 Å². The maximum atomic E-state index is 11.9. The van der Waals surface area contributed by atoms with Crippen molar-refractivity contribution in [2.45, 2.75) is 33.1 Å². The van der Waals surface area contributed by atoms with Gasteiger partial charge in [-0.25, -0.2) is 10.2 Å². The first-order valence-electron chi connectivity index (χ1n) is 7.27. The van der Waals surface area contributed by atoms with Crippen LogP contribution in [0, 0.1) is 6.92 Å². The van der Waals surface area contributed by atoms with E-state index in [0.717, 1.165) is 5.56 Å². The van der Waals surface area contributed by atoms with Crippen LogP contribution in [-0.2, 0) is 5.41 Å². The molecule has 0 radical (unpaired) electrons. The number of benzene rings is 1. The molecule has 0 unspecified atom stereocenters. The Labute approximate surface area is 134 Å². The fraction of sp³-hybridized carbons (Fsp3) is 0.294. The number of nitrogens with zero attached hydrogens (tertiary/aromatic N) is 2. The summed E-state index contributed by atoms with van der Waals surface area (Å²) in [4.78, 5) is 29.2. The second-order valence-corrected chi connectivity index (χ2v) is 6.33. The topological polar surface area (TPSA) is 87.2 Å². The lowest BCUT2D eigenvalue weighted by Gasteiger charge is -2.18. The van der Waals surface area contributed by atoms with Crippen LogP contribution in [0.2, 0.25) is 0 Å². The molecule has 6 heteroatoms. The second kappa shape index (κ2) is 6.56. The van der Waals surface area contributed by atoms with Gasteiger partial charge < -0.3 is 4.98 Å². The van der Waals surface area contributed by atoms with Gasteiger partial charge >= 0.3 is 5.69 Å². The molecular weight excluding hydrogens is 292 g/mol. The molecule has 0 atom stereocenters. The molecule has 2 rings (SSSR count). The summed E-state index contributed by atoms with van der Waals surface area (Å²) in [5.74, 6) is -0.526. The highest BCUT2D eigenvalue weighted by atomic mass is 16.2. The number of nitrogens with one attached hydrogen (secondary N) is 2.